The van der Waals surface area contributed by atoms with E-state index >= 15 is 0 Å². The molecule has 25 heavy (non-hydrogen) atoms. The summed E-state index contributed by atoms with van der Waals surface area (Å²) in [5.41, 5.74) is 4.81. The summed E-state index contributed by atoms with van der Waals surface area (Å²) < 4.78 is 13.6. The molecule has 2 aromatic rings. The number of nitrogens with one attached hydrogen (secondary N) is 2. The Morgan fingerprint density at radius 2 is 2.04 bits per heavy atom. The lowest BCUT2D eigenvalue weighted by Crippen LogP contribution is -2.28. The molecule has 0 aliphatic heterocycles. The van der Waals surface area contributed by atoms with Gasteiger partial charge in [-0.05, 0) is 60.7 Å². The number of benzene rings is 2. The minimum Gasteiger partial charge on any atom is -0.384 e. The number of aryl methyl sites for hydroxylation is 1. The lowest BCUT2D eigenvalue weighted by Gasteiger charge is -2.32. The van der Waals surface area contributed by atoms with Gasteiger partial charge in [-0.1, -0.05) is 44.2 Å². The molecule has 0 aliphatic rings. The number of rotatable bonds is 8. The third kappa shape index (κ3) is 5.02. The maximum atomic E-state index is 13.6. The zero-order chi connectivity index (χ0) is 18.4. The molecule has 2 aromatic carbocycles. The second-order valence-electron chi connectivity index (χ2n) is 6.95. The van der Waals surface area contributed by atoms with Gasteiger partial charge in [0.1, 0.15) is 5.82 Å². The van der Waals surface area contributed by atoms with E-state index in [1.807, 2.05) is 31.2 Å². The van der Waals surface area contributed by atoms with E-state index < -0.39 is 0 Å². The van der Waals surface area contributed by atoms with Gasteiger partial charge < -0.3 is 10.7 Å². The Bertz CT molecular complexity index is 746. The van der Waals surface area contributed by atoms with Crippen molar-refractivity contribution in [1.29, 1.82) is 5.41 Å². The molecule has 3 heteroatoms. The molecule has 1 unspecified atom stereocenters. The van der Waals surface area contributed by atoms with Crippen molar-refractivity contribution in [3.8, 4) is 0 Å². The Morgan fingerprint density at radius 1 is 1.28 bits per heavy atom. The second-order valence-corrected chi connectivity index (χ2v) is 6.95. The van der Waals surface area contributed by atoms with Crippen molar-refractivity contribution in [2.45, 2.75) is 33.6 Å². The average molecular weight is 338 g/mol. The molecule has 0 radical (unpaired) electrons. The van der Waals surface area contributed by atoms with Crippen molar-refractivity contribution in [3.63, 3.8) is 0 Å². The standard InChI is InChI=1S/C22H27FN2/c1-5-22(4,15-25-21-10-16(2)9-20(23)13-21)17(3)11-18-7-6-8-19(12-18)14-24/h6-10,12-14,24-25H,3,5,11,15H2,1-2,4H3. The van der Waals surface area contributed by atoms with Gasteiger partial charge in [0.15, 0.2) is 0 Å². The maximum absolute atomic E-state index is 13.6. The highest BCUT2D eigenvalue weighted by molar-refractivity contribution is 5.77. The molecular formula is C22H27FN2. The van der Waals surface area contributed by atoms with Gasteiger partial charge in [-0.2, -0.15) is 0 Å². The van der Waals surface area contributed by atoms with E-state index in [0.717, 1.165) is 40.8 Å². The topological polar surface area (TPSA) is 35.9 Å². The molecule has 2 nitrogen and oxygen atoms in total. The van der Waals surface area contributed by atoms with Crippen LogP contribution in [0.5, 0.6) is 0 Å². The fraction of sp³-hybridized carbons (Fsp3) is 0.318. The number of anilines is 1. The fourth-order valence-electron chi connectivity index (χ4n) is 2.89. The molecule has 132 valence electrons. The van der Waals surface area contributed by atoms with Crippen LogP contribution in [-0.4, -0.2) is 12.8 Å². The fourth-order valence-corrected chi connectivity index (χ4v) is 2.89. The molecule has 0 spiro atoms. The number of hydrogen-bond acceptors (Lipinski definition) is 2. The van der Waals surface area contributed by atoms with Crippen LogP contribution in [0.3, 0.4) is 0 Å². The minimum atomic E-state index is -0.219. The van der Waals surface area contributed by atoms with Gasteiger partial charge in [-0.25, -0.2) is 4.39 Å². The van der Waals surface area contributed by atoms with E-state index in [-0.39, 0.29) is 11.2 Å². The molecule has 1 atom stereocenters. The summed E-state index contributed by atoms with van der Waals surface area (Å²) in [6.07, 6.45) is 3.08. The SMILES string of the molecule is C=C(Cc1cccc(C=N)c1)C(C)(CC)CNc1cc(C)cc(F)c1. The van der Waals surface area contributed by atoms with Crippen molar-refractivity contribution in [2.75, 3.05) is 11.9 Å². The molecule has 0 aromatic heterocycles. The predicted molar refractivity (Wildman–Crippen MR) is 105 cm³/mol. The van der Waals surface area contributed by atoms with Crippen LogP contribution in [0.15, 0.2) is 54.6 Å². The molecule has 2 N–H and O–H groups in total. The van der Waals surface area contributed by atoms with E-state index in [9.17, 15) is 4.39 Å². The molecule has 0 heterocycles. The van der Waals surface area contributed by atoms with Crippen LogP contribution >= 0.6 is 0 Å². The Kier molecular flexibility index (Phi) is 6.13. The van der Waals surface area contributed by atoms with E-state index in [0.29, 0.717) is 6.54 Å². The normalized spacial score (nSPS) is 13.1. The molecule has 2 rings (SSSR count). The Labute approximate surface area is 150 Å². The molecule has 0 aliphatic carbocycles. The first kappa shape index (κ1) is 18.9. The number of hydrogen-bond donors (Lipinski definition) is 2. The van der Waals surface area contributed by atoms with Crippen molar-refractivity contribution in [1.82, 2.24) is 0 Å². The zero-order valence-corrected chi connectivity index (χ0v) is 15.3. The van der Waals surface area contributed by atoms with Crippen LogP contribution in [0, 0.1) is 23.6 Å². The van der Waals surface area contributed by atoms with Crippen molar-refractivity contribution in [2.24, 2.45) is 5.41 Å². The predicted octanol–water partition coefficient (Wildman–Crippen LogP) is 5.76. The third-order valence-corrected chi connectivity index (χ3v) is 4.89. The van der Waals surface area contributed by atoms with Crippen LogP contribution in [0.2, 0.25) is 0 Å². The Morgan fingerprint density at radius 3 is 2.68 bits per heavy atom. The summed E-state index contributed by atoms with van der Waals surface area (Å²) in [6.45, 7) is 11.3. The first-order valence-corrected chi connectivity index (χ1v) is 8.65. The second kappa shape index (κ2) is 8.11. The summed E-state index contributed by atoms with van der Waals surface area (Å²) in [7, 11) is 0. The zero-order valence-electron chi connectivity index (χ0n) is 15.3. The highest BCUT2D eigenvalue weighted by atomic mass is 19.1. The molecular weight excluding hydrogens is 311 g/mol. The Balaban J connectivity index is 2.09. The van der Waals surface area contributed by atoms with Crippen LogP contribution < -0.4 is 5.32 Å². The molecule has 0 saturated heterocycles. The van der Waals surface area contributed by atoms with Crippen LogP contribution in [0.1, 0.15) is 37.0 Å². The monoisotopic (exact) mass is 338 g/mol. The maximum Gasteiger partial charge on any atom is 0.125 e. The molecule has 0 saturated carbocycles. The smallest absolute Gasteiger partial charge is 0.125 e. The molecule has 0 amide bonds. The molecule has 0 bridgehead atoms. The first-order valence-electron chi connectivity index (χ1n) is 8.65. The van der Waals surface area contributed by atoms with E-state index in [2.05, 4.69) is 31.8 Å². The quantitative estimate of drug-likeness (QED) is 0.466. The van der Waals surface area contributed by atoms with Gasteiger partial charge in [-0.15, -0.1) is 0 Å². The number of halogens is 1. The summed E-state index contributed by atoms with van der Waals surface area (Å²) in [4.78, 5) is 0. The van der Waals surface area contributed by atoms with Crippen molar-refractivity contribution >= 4 is 11.9 Å². The van der Waals surface area contributed by atoms with Gasteiger partial charge in [-0.3, -0.25) is 0 Å². The summed E-state index contributed by atoms with van der Waals surface area (Å²) in [5, 5.41) is 10.8. The van der Waals surface area contributed by atoms with Gasteiger partial charge in [0.2, 0.25) is 0 Å². The van der Waals surface area contributed by atoms with Crippen LogP contribution in [0.4, 0.5) is 10.1 Å². The average Bonchev–Trinajstić information content (AvgIpc) is 2.59. The van der Waals surface area contributed by atoms with Crippen molar-refractivity contribution < 1.29 is 4.39 Å². The lowest BCUT2D eigenvalue weighted by molar-refractivity contribution is 0.400. The summed E-state index contributed by atoms with van der Waals surface area (Å²) >= 11 is 0. The minimum absolute atomic E-state index is 0.0963. The Hall–Kier alpha value is -2.42. The van der Waals surface area contributed by atoms with Gasteiger partial charge in [0.05, 0.1) is 0 Å². The van der Waals surface area contributed by atoms with Crippen LogP contribution in [-0.2, 0) is 6.42 Å². The highest BCUT2D eigenvalue weighted by Gasteiger charge is 2.25. The van der Waals surface area contributed by atoms with Gasteiger partial charge in [0, 0.05) is 23.9 Å². The van der Waals surface area contributed by atoms with Crippen molar-refractivity contribution in [3.05, 3.63) is 77.1 Å². The van der Waals surface area contributed by atoms with E-state index in [1.165, 1.54) is 18.3 Å². The van der Waals surface area contributed by atoms with E-state index in [4.69, 9.17) is 5.41 Å². The largest absolute Gasteiger partial charge is 0.384 e. The van der Waals surface area contributed by atoms with Gasteiger partial charge in [0.25, 0.3) is 0 Å². The lowest BCUT2D eigenvalue weighted by atomic mass is 9.77. The summed E-state index contributed by atoms with van der Waals surface area (Å²) in [6, 6.07) is 13.0. The highest BCUT2D eigenvalue weighted by Crippen LogP contribution is 2.32. The van der Waals surface area contributed by atoms with Gasteiger partial charge >= 0.3 is 0 Å². The first-order chi connectivity index (χ1) is 11.9. The summed E-state index contributed by atoms with van der Waals surface area (Å²) in [5.74, 6) is -0.219. The van der Waals surface area contributed by atoms with Crippen LogP contribution in [0.25, 0.3) is 0 Å². The van der Waals surface area contributed by atoms with E-state index in [1.54, 1.807) is 0 Å². The molecule has 0 fully saturated rings. The third-order valence-electron chi connectivity index (χ3n) is 4.89.